The number of hydrogen-bond acceptors (Lipinski definition) is 2. The first-order chi connectivity index (χ1) is 6.12. The third kappa shape index (κ3) is 65.0. The van der Waals surface area contributed by atoms with E-state index in [-0.39, 0.29) is 88.3 Å². The molecule has 0 aliphatic carbocycles. The van der Waals surface area contributed by atoms with Gasteiger partial charge in [0.15, 0.2) is 0 Å². The Morgan fingerprint density at radius 2 is 0.737 bits per heavy atom. The molecule has 0 aromatic carbocycles. The van der Waals surface area contributed by atoms with Crippen molar-refractivity contribution >= 4 is 54.0 Å². The number of aliphatic hydroxyl groups excluding tert-OH is 2. The smallest absolute Gasteiger partial charge is 0.101 e. The largest absolute Gasteiger partial charge is 0.391 e. The molecule has 4 nitrogen and oxygen atoms in total. The third-order valence-electron chi connectivity index (χ3n) is 1.54. The number of quaternary nitrogens is 2. The van der Waals surface area contributed by atoms with E-state index in [0.29, 0.717) is 0 Å². The molecule has 0 saturated carbocycles. The number of aliphatic hydroxyl groups is 2. The Balaban J connectivity index is -0.0000000240. The van der Waals surface area contributed by atoms with Gasteiger partial charge in [-0.25, -0.2) is 0 Å². The van der Waals surface area contributed by atoms with Crippen molar-refractivity contribution in [1.29, 1.82) is 0 Å². The second-order valence-electron chi connectivity index (χ2n) is 5.48. The monoisotopic (exact) mass is 442 g/mol. The first-order valence-electron chi connectivity index (χ1n) is 4.95. The summed E-state index contributed by atoms with van der Waals surface area (Å²) in [7, 11) is 12.3. The van der Waals surface area contributed by atoms with Crippen LogP contribution in [0.25, 0.3) is 0 Å². The van der Waals surface area contributed by atoms with Crippen LogP contribution < -0.4 is 0 Å². The van der Waals surface area contributed by atoms with Gasteiger partial charge < -0.3 is 19.2 Å². The molecular weight excluding hydrogens is 404 g/mol. The fourth-order valence-corrected chi connectivity index (χ4v) is 0.600. The zero-order valence-electron chi connectivity index (χ0n) is 13.0. The number of rotatable bonds is 4. The zero-order chi connectivity index (χ0) is 11.8. The summed E-state index contributed by atoms with van der Waals surface area (Å²) in [6, 6.07) is 0. The summed E-state index contributed by atoms with van der Waals surface area (Å²) in [5.41, 5.74) is 0. The van der Waals surface area contributed by atoms with Gasteiger partial charge in [-0.15, -0.1) is 0 Å². The normalized spacial score (nSPS) is 8.84. The molecule has 0 bridgehead atoms. The average Bonchev–Trinajstić information content (AvgIpc) is 1.81. The molecule has 0 aliphatic rings. The molecule has 2 N–H and O–H groups in total. The van der Waals surface area contributed by atoms with Crippen LogP contribution >= 0.6 is 54.0 Å². The van der Waals surface area contributed by atoms with E-state index in [9.17, 15) is 0 Å². The Labute approximate surface area is 162 Å². The Bertz CT molecular complexity index is 128. The quantitative estimate of drug-likeness (QED) is 0.470. The predicted molar refractivity (Wildman–Crippen MR) is 101 cm³/mol. The maximum atomic E-state index is 8.39. The minimum Gasteiger partial charge on any atom is -0.391 e. The molecule has 0 aromatic rings. The van der Waals surface area contributed by atoms with Crippen LogP contribution in [0.1, 0.15) is 0 Å². The molecule has 0 fully saturated rings. The summed E-state index contributed by atoms with van der Waals surface area (Å²) in [5, 5.41) is 16.8. The summed E-state index contributed by atoms with van der Waals surface area (Å²) in [6.07, 6.45) is 0. The van der Waals surface area contributed by atoms with Crippen LogP contribution in [-0.2, 0) is 21.1 Å². The zero-order valence-corrected chi connectivity index (χ0v) is 19.0. The Morgan fingerprint density at radius 1 is 0.579 bits per heavy atom. The van der Waals surface area contributed by atoms with E-state index in [2.05, 4.69) is 42.3 Å². The minimum atomic E-state index is 0. The molecule has 0 aromatic heterocycles. The van der Waals surface area contributed by atoms with Crippen LogP contribution in [0.2, 0.25) is 0 Å². The van der Waals surface area contributed by atoms with Gasteiger partial charge in [0.1, 0.15) is 13.1 Å². The summed E-state index contributed by atoms with van der Waals surface area (Å²) >= 11 is 0. The van der Waals surface area contributed by atoms with Gasteiger partial charge in [0.05, 0.1) is 55.5 Å². The summed E-state index contributed by atoms with van der Waals surface area (Å²) < 4.78 is 1.69. The van der Waals surface area contributed by atoms with Gasteiger partial charge in [0.2, 0.25) is 0 Å². The first kappa shape index (κ1) is 42.8. The predicted octanol–water partition coefficient (Wildman–Crippen LogP) is -0.181. The van der Waals surface area contributed by atoms with Crippen LogP contribution in [0.5, 0.6) is 0 Å². The maximum absolute atomic E-state index is 8.39. The van der Waals surface area contributed by atoms with Gasteiger partial charge in [0, 0.05) is 21.1 Å². The molecule has 0 rings (SSSR count). The van der Waals surface area contributed by atoms with Crippen molar-refractivity contribution in [3.05, 3.63) is 0 Å². The van der Waals surface area contributed by atoms with Gasteiger partial charge in [-0.1, -0.05) is 0 Å². The molecule has 0 radical (unpaired) electrons. The van der Waals surface area contributed by atoms with Crippen molar-refractivity contribution < 1.29 is 40.2 Å². The molecule has 126 valence electrons. The molecule has 0 heterocycles. The molecular formula is C10H36MoN2O2S4+2. The van der Waals surface area contributed by atoms with Crippen molar-refractivity contribution in [3.8, 4) is 0 Å². The first-order valence-corrected chi connectivity index (χ1v) is 4.95. The Morgan fingerprint density at radius 3 is 0.737 bits per heavy atom. The van der Waals surface area contributed by atoms with E-state index < -0.39 is 0 Å². The van der Waals surface area contributed by atoms with Crippen molar-refractivity contribution in [2.24, 2.45) is 0 Å². The Hall–Kier alpha value is 1.93. The second kappa shape index (κ2) is 22.2. The van der Waals surface area contributed by atoms with Crippen LogP contribution in [0.15, 0.2) is 0 Å². The van der Waals surface area contributed by atoms with Gasteiger partial charge in [-0.3, -0.25) is 0 Å². The number of hydrogen-bond donors (Lipinski definition) is 2. The minimum absolute atomic E-state index is 0. The molecule has 0 spiro atoms. The van der Waals surface area contributed by atoms with Crippen molar-refractivity contribution in [1.82, 2.24) is 0 Å². The van der Waals surface area contributed by atoms with Crippen LogP contribution in [-0.4, -0.2) is 87.8 Å². The van der Waals surface area contributed by atoms with Crippen molar-refractivity contribution in [3.63, 3.8) is 0 Å². The van der Waals surface area contributed by atoms with Crippen LogP contribution in [0, 0.1) is 0 Å². The number of nitrogens with zero attached hydrogens (tertiary/aromatic N) is 2. The van der Waals surface area contributed by atoms with Gasteiger partial charge in [-0.05, 0) is 0 Å². The summed E-state index contributed by atoms with van der Waals surface area (Å²) in [5.74, 6) is 0. The Kier molecular flexibility index (Phi) is 50.1. The van der Waals surface area contributed by atoms with Crippen LogP contribution in [0.4, 0.5) is 0 Å². The van der Waals surface area contributed by atoms with Crippen LogP contribution in [0.3, 0.4) is 0 Å². The van der Waals surface area contributed by atoms with Crippen molar-refractivity contribution in [2.45, 2.75) is 0 Å². The second-order valence-corrected chi connectivity index (χ2v) is 5.48. The van der Waals surface area contributed by atoms with E-state index in [1.807, 2.05) is 0 Å². The van der Waals surface area contributed by atoms with E-state index in [1.54, 1.807) is 0 Å². The van der Waals surface area contributed by atoms with E-state index in [4.69, 9.17) is 10.2 Å². The standard InChI is InChI=1S/2C5H14NO.Mo.4H2S/c2*1-6(2,3)4-5-7;;;;;/h2*7H,4-5H2,1-3H3;;4*1H2/q2*+1;;;;;. The SMILES string of the molecule is C[N+](C)(C)CCO.C[N+](C)(C)CCO.S.S.S.S.[Mo]. The molecule has 0 aliphatic heterocycles. The molecule has 0 saturated heterocycles. The fourth-order valence-electron chi connectivity index (χ4n) is 0.600. The maximum Gasteiger partial charge on any atom is 0.101 e. The molecule has 0 unspecified atom stereocenters. The molecule has 9 heteroatoms. The van der Waals surface area contributed by atoms with Gasteiger partial charge in [-0.2, -0.15) is 54.0 Å². The van der Waals surface area contributed by atoms with E-state index in [0.717, 1.165) is 22.1 Å². The topological polar surface area (TPSA) is 40.5 Å². The molecule has 19 heavy (non-hydrogen) atoms. The van der Waals surface area contributed by atoms with Gasteiger partial charge >= 0.3 is 0 Å². The molecule has 0 atom stereocenters. The third-order valence-corrected chi connectivity index (χ3v) is 1.54. The summed E-state index contributed by atoms with van der Waals surface area (Å²) in [4.78, 5) is 0. The summed E-state index contributed by atoms with van der Waals surface area (Å²) in [6.45, 7) is 2.23. The van der Waals surface area contributed by atoms with Gasteiger partial charge in [0.25, 0.3) is 0 Å². The number of likely N-dealkylation sites (N-methyl/N-ethyl adjacent to an activating group) is 2. The molecule has 0 amide bonds. The average molecular weight is 441 g/mol. The van der Waals surface area contributed by atoms with E-state index >= 15 is 0 Å². The van der Waals surface area contributed by atoms with Crippen molar-refractivity contribution in [2.75, 3.05) is 68.6 Å². The fraction of sp³-hybridized carbons (Fsp3) is 1.00. The van der Waals surface area contributed by atoms with E-state index in [1.165, 1.54) is 0 Å².